The van der Waals surface area contributed by atoms with Gasteiger partial charge in [-0.1, -0.05) is 13.8 Å². The maximum atomic E-state index is 13.5. The fraction of sp³-hybridized carbons (Fsp3) is 0.562. The molecule has 0 heterocycles. The molecule has 0 aliphatic rings. The molecule has 1 aromatic rings. The van der Waals surface area contributed by atoms with Gasteiger partial charge >= 0.3 is 5.97 Å². The Morgan fingerprint density at radius 1 is 1.24 bits per heavy atom. The van der Waals surface area contributed by atoms with Gasteiger partial charge in [0.2, 0.25) is 0 Å². The molecule has 0 amide bonds. The van der Waals surface area contributed by atoms with E-state index in [0.29, 0.717) is 18.0 Å². The van der Waals surface area contributed by atoms with Crippen molar-refractivity contribution in [3.05, 3.63) is 35.1 Å². The Morgan fingerprint density at radius 3 is 2.43 bits per heavy atom. The largest absolute Gasteiger partial charge is 0.478 e. The summed E-state index contributed by atoms with van der Waals surface area (Å²) in [5, 5.41) is 9.00. The molecule has 0 bridgehead atoms. The minimum absolute atomic E-state index is 0.00195. The quantitative estimate of drug-likeness (QED) is 0.800. The van der Waals surface area contributed by atoms with Crippen molar-refractivity contribution in [2.75, 3.05) is 33.7 Å². The predicted octanol–water partition coefficient (Wildman–Crippen LogP) is 2.54. The topological polar surface area (TPSA) is 43.8 Å². The summed E-state index contributed by atoms with van der Waals surface area (Å²) < 4.78 is 13.5. The Bertz CT molecular complexity index is 475. The van der Waals surface area contributed by atoms with Gasteiger partial charge in [-0.3, -0.25) is 4.90 Å². The van der Waals surface area contributed by atoms with Crippen LogP contribution in [-0.4, -0.2) is 54.6 Å². The van der Waals surface area contributed by atoms with E-state index in [1.807, 2.05) is 14.1 Å². The van der Waals surface area contributed by atoms with Crippen LogP contribution in [0.25, 0.3) is 0 Å². The smallest absolute Gasteiger partial charge is 0.335 e. The Morgan fingerprint density at radius 2 is 1.90 bits per heavy atom. The molecule has 0 radical (unpaired) electrons. The summed E-state index contributed by atoms with van der Waals surface area (Å²) in [6.45, 7) is 7.50. The third-order valence-corrected chi connectivity index (χ3v) is 3.10. The average molecular weight is 296 g/mol. The lowest BCUT2D eigenvalue weighted by Gasteiger charge is -2.26. The number of carboxylic acids is 1. The van der Waals surface area contributed by atoms with Crippen molar-refractivity contribution in [2.24, 2.45) is 5.92 Å². The third kappa shape index (κ3) is 6.69. The summed E-state index contributed by atoms with van der Waals surface area (Å²) >= 11 is 0. The van der Waals surface area contributed by atoms with Crippen LogP contribution < -0.4 is 0 Å². The lowest BCUT2D eigenvalue weighted by Crippen LogP contribution is -2.34. The third-order valence-electron chi connectivity index (χ3n) is 3.10. The first-order valence-corrected chi connectivity index (χ1v) is 7.17. The van der Waals surface area contributed by atoms with E-state index >= 15 is 0 Å². The Kier molecular flexibility index (Phi) is 6.78. The van der Waals surface area contributed by atoms with E-state index in [2.05, 4.69) is 23.6 Å². The van der Waals surface area contributed by atoms with Gasteiger partial charge in [0.15, 0.2) is 0 Å². The molecule has 1 aromatic carbocycles. The molecule has 4 nitrogen and oxygen atoms in total. The van der Waals surface area contributed by atoms with Crippen LogP contribution in [0.2, 0.25) is 0 Å². The average Bonchev–Trinajstić information content (AvgIpc) is 2.34. The summed E-state index contributed by atoms with van der Waals surface area (Å²) in [7, 11) is 4.02. The fourth-order valence-electron chi connectivity index (χ4n) is 2.22. The van der Waals surface area contributed by atoms with Gasteiger partial charge in [0.05, 0.1) is 5.56 Å². The number of carbonyl (C=O) groups is 1. The molecule has 0 saturated carbocycles. The first-order valence-electron chi connectivity index (χ1n) is 7.17. The number of halogens is 1. The summed E-state index contributed by atoms with van der Waals surface area (Å²) in [4.78, 5) is 15.3. The van der Waals surface area contributed by atoms with Crippen LogP contribution in [0.3, 0.4) is 0 Å². The lowest BCUT2D eigenvalue weighted by molar-refractivity contribution is 0.0696. The van der Waals surface area contributed by atoms with Gasteiger partial charge in [0.25, 0.3) is 0 Å². The molecule has 5 heteroatoms. The second-order valence-electron chi connectivity index (χ2n) is 6.09. The van der Waals surface area contributed by atoms with Crippen LogP contribution in [-0.2, 0) is 6.54 Å². The van der Waals surface area contributed by atoms with Gasteiger partial charge in [0, 0.05) is 26.2 Å². The maximum Gasteiger partial charge on any atom is 0.335 e. The van der Waals surface area contributed by atoms with Crippen molar-refractivity contribution in [3.8, 4) is 0 Å². The van der Waals surface area contributed by atoms with E-state index in [-0.39, 0.29) is 5.56 Å². The van der Waals surface area contributed by atoms with Crippen LogP contribution in [0.1, 0.15) is 29.8 Å². The highest BCUT2D eigenvalue weighted by molar-refractivity contribution is 5.87. The molecule has 0 spiro atoms. The van der Waals surface area contributed by atoms with Crippen molar-refractivity contribution in [1.82, 2.24) is 9.80 Å². The van der Waals surface area contributed by atoms with Gasteiger partial charge in [-0.2, -0.15) is 0 Å². The first kappa shape index (κ1) is 17.6. The standard InChI is InChI=1S/C16H25FN2O2/c1-12(2)10-19(6-5-18(3)4)11-13-7-14(16(20)21)9-15(17)8-13/h7-9,12H,5-6,10-11H2,1-4H3,(H,20,21). The molecule has 21 heavy (non-hydrogen) atoms. The molecule has 0 aliphatic heterocycles. The van der Waals surface area contributed by atoms with E-state index in [4.69, 9.17) is 5.11 Å². The lowest BCUT2D eigenvalue weighted by atomic mass is 10.1. The molecule has 0 aliphatic carbocycles. The highest BCUT2D eigenvalue weighted by atomic mass is 19.1. The number of rotatable bonds is 8. The van der Waals surface area contributed by atoms with Gasteiger partial charge in [-0.15, -0.1) is 0 Å². The predicted molar refractivity (Wildman–Crippen MR) is 82.0 cm³/mol. The van der Waals surface area contributed by atoms with E-state index in [1.165, 1.54) is 6.07 Å². The zero-order valence-corrected chi connectivity index (χ0v) is 13.3. The van der Waals surface area contributed by atoms with E-state index in [1.54, 1.807) is 6.07 Å². The van der Waals surface area contributed by atoms with Gasteiger partial charge < -0.3 is 10.0 Å². The van der Waals surface area contributed by atoms with Crippen LogP contribution in [0, 0.1) is 11.7 Å². The van der Waals surface area contributed by atoms with Crippen LogP contribution in [0.5, 0.6) is 0 Å². The number of aromatic carboxylic acids is 1. The zero-order valence-electron chi connectivity index (χ0n) is 13.3. The van der Waals surface area contributed by atoms with Crippen LogP contribution in [0.4, 0.5) is 4.39 Å². The number of hydrogen-bond acceptors (Lipinski definition) is 3. The summed E-state index contributed by atoms with van der Waals surface area (Å²) in [6, 6.07) is 4.02. The van der Waals surface area contributed by atoms with Crippen molar-refractivity contribution >= 4 is 5.97 Å². The SMILES string of the molecule is CC(C)CN(CCN(C)C)Cc1cc(F)cc(C(=O)O)c1. The van der Waals surface area contributed by atoms with Gasteiger partial charge in [-0.25, -0.2) is 9.18 Å². The molecule has 0 fully saturated rings. The van der Waals surface area contributed by atoms with Crippen molar-refractivity contribution in [3.63, 3.8) is 0 Å². The van der Waals surface area contributed by atoms with Gasteiger partial charge in [0.1, 0.15) is 5.82 Å². The van der Waals surface area contributed by atoms with Crippen molar-refractivity contribution in [1.29, 1.82) is 0 Å². The molecule has 0 atom stereocenters. The highest BCUT2D eigenvalue weighted by Gasteiger charge is 2.12. The summed E-state index contributed by atoms with van der Waals surface area (Å²) in [5.41, 5.74) is 0.703. The molecular formula is C16H25FN2O2. The molecule has 0 saturated heterocycles. The number of hydrogen-bond donors (Lipinski definition) is 1. The molecular weight excluding hydrogens is 271 g/mol. The highest BCUT2D eigenvalue weighted by Crippen LogP contribution is 2.13. The number of carboxylic acid groups (broad SMARTS) is 1. The van der Waals surface area contributed by atoms with Crippen LogP contribution in [0.15, 0.2) is 18.2 Å². The van der Waals surface area contributed by atoms with E-state index in [0.717, 1.165) is 25.7 Å². The van der Waals surface area contributed by atoms with E-state index in [9.17, 15) is 9.18 Å². The van der Waals surface area contributed by atoms with E-state index < -0.39 is 11.8 Å². The molecule has 0 unspecified atom stereocenters. The summed E-state index contributed by atoms with van der Waals surface area (Å²) in [5.74, 6) is -1.10. The number of nitrogens with zero attached hydrogens (tertiary/aromatic N) is 2. The second-order valence-corrected chi connectivity index (χ2v) is 6.09. The monoisotopic (exact) mass is 296 g/mol. The van der Waals surface area contributed by atoms with Crippen LogP contribution >= 0.6 is 0 Å². The minimum atomic E-state index is -1.10. The van der Waals surface area contributed by atoms with Gasteiger partial charge in [-0.05, 0) is 43.8 Å². The van der Waals surface area contributed by atoms with Crippen molar-refractivity contribution < 1.29 is 14.3 Å². The molecule has 1 rings (SSSR count). The maximum absolute atomic E-state index is 13.5. The molecule has 118 valence electrons. The molecule has 1 N–H and O–H groups in total. The molecule has 0 aromatic heterocycles. The number of benzene rings is 1. The second kappa shape index (κ2) is 8.10. The Hall–Kier alpha value is -1.46. The summed E-state index contributed by atoms with van der Waals surface area (Å²) in [6.07, 6.45) is 0. The Labute approximate surface area is 126 Å². The number of likely N-dealkylation sites (N-methyl/N-ethyl adjacent to an activating group) is 1. The normalized spacial score (nSPS) is 11.6. The fourth-order valence-corrected chi connectivity index (χ4v) is 2.22. The minimum Gasteiger partial charge on any atom is -0.478 e. The zero-order chi connectivity index (χ0) is 16.0. The first-order chi connectivity index (χ1) is 9.77. The van der Waals surface area contributed by atoms with Crippen molar-refractivity contribution in [2.45, 2.75) is 20.4 Å². The Balaban J connectivity index is 2.83.